The highest BCUT2D eigenvalue weighted by Gasteiger charge is 2.48. The van der Waals surface area contributed by atoms with Gasteiger partial charge in [0.2, 0.25) is 0 Å². The minimum Gasteiger partial charge on any atom is -0.457 e. The fourth-order valence-electron chi connectivity index (χ4n) is 9.08. The Morgan fingerprint density at radius 3 is 1.40 bits per heavy atom. The van der Waals surface area contributed by atoms with Crippen molar-refractivity contribution in [2.45, 2.75) is 295 Å². The summed E-state index contributed by atoms with van der Waals surface area (Å²) in [5.41, 5.74) is 0. The third-order valence-corrected chi connectivity index (χ3v) is 13.9. The average Bonchev–Trinajstić information content (AvgIpc) is 3.36. The largest absolute Gasteiger partial charge is 0.457 e. The summed E-state index contributed by atoms with van der Waals surface area (Å²) in [6, 6.07) is 0. The molecule has 0 saturated carbocycles. The number of hydrogen-bond acceptors (Lipinski definition) is 11. The molecule has 12 nitrogen and oxygen atoms in total. The van der Waals surface area contributed by atoms with E-state index in [0.29, 0.717) is 13.0 Å². The molecule has 0 amide bonds. The first-order chi connectivity index (χ1) is 35.1. The molecular weight excluding hydrogens is 933 g/mol. The minimum absolute atomic E-state index is 0.0301. The van der Waals surface area contributed by atoms with Crippen molar-refractivity contribution >= 4 is 16.4 Å². The lowest BCUT2D eigenvalue weighted by Gasteiger charge is -2.41. The van der Waals surface area contributed by atoms with Gasteiger partial charge in [-0.1, -0.05) is 249 Å². The first-order valence-corrected chi connectivity index (χ1v) is 30.8. The summed E-state index contributed by atoms with van der Waals surface area (Å²) >= 11 is 0. The van der Waals surface area contributed by atoms with Gasteiger partial charge in [0.15, 0.2) is 6.29 Å². The number of aliphatic hydroxyl groups excluding tert-OH is 3. The van der Waals surface area contributed by atoms with Gasteiger partial charge < -0.3 is 34.3 Å². The predicted octanol–water partition coefficient (Wildman–Crippen LogP) is 14.6. The van der Waals surface area contributed by atoms with Crippen LogP contribution in [0.1, 0.15) is 258 Å². The lowest BCUT2D eigenvalue weighted by atomic mass is 9.99. The van der Waals surface area contributed by atoms with Crippen molar-refractivity contribution in [2.75, 3.05) is 26.4 Å². The molecule has 6 atom stereocenters. The van der Waals surface area contributed by atoms with Gasteiger partial charge in [0.25, 0.3) is 0 Å². The Kier molecular flexibility index (Phi) is 47.2. The van der Waals surface area contributed by atoms with E-state index in [0.717, 1.165) is 77.0 Å². The summed E-state index contributed by atoms with van der Waals surface area (Å²) in [6.45, 7) is 3.90. The van der Waals surface area contributed by atoms with Crippen LogP contribution in [0.5, 0.6) is 0 Å². The maximum Gasteiger partial charge on any atom is 0.397 e. The fraction of sp³-hybridized carbons (Fsp3) is 0.847. The molecule has 72 heavy (non-hydrogen) atoms. The average molecular weight is 1040 g/mol. The number of hydrogen-bond donors (Lipinski definition) is 4. The smallest absolute Gasteiger partial charge is 0.397 e. The van der Waals surface area contributed by atoms with Gasteiger partial charge in [-0.25, -0.2) is 4.18 Å². The van der Waals surface area contributed by atoms with E-state index in [2.05, 4.69) is 66.6 Å². The number of aliphatic hydroxyl groups is 3. The van der Waals surface area contributed by atoms with Gasteiger partial charge >= 0.3 is 16.4 Å². The molecule has 6 unspecified atom stereocenters. The second-order valence-corrected chi connectivity index (χ2v) is 21.3. The van der Waals surface area contributed by atoms with E-state index < -0.39 is 59.8 Å². The van der Waals surface area contributed by atoms with E-state index >= 15 is 0 Å². The summed E-state index contributed by atoms with van der Waals surface area (Å²) in [6.07, 6.45) is 54.4. The summed E-state index contributed by atoms with van der Waals surface area (Å²) < 4.78 is 59.4. The van der Waals surface area contributed by atoms with Crippen LogP contribution in [-0.4, -0.2) is 97.5 Å². The van der Waals surface area contributed by atoms with Crippen LogP contribution in [0.15, 0.2) is 48.6 Å². The first kappa shape index (κ1) is 68.1. The van der Waals surface area contributed by atoms with Gasteiger partial charge in [-0.15, -0.1) is 0 Å². The molecule has 1 aliphatic heterocycles. The van der Waals surface area contributed by atoms with Crippen LogP contribution in [0.25, 0.3) is 0 Å². The van der Waals surface area contributed by atoms with E-state index in [1.165, 1.54) is 154 Å². The summed E-state index contributed by atoms with van der Waals surface area (Å²) in [7, 11) is -5.07. The Balaban J connectivity index is 2.28. The molecule has 1 heterocycles. The molecule has 1 fully saturated rings. The van der Waals surface area contributed by atoms with Crippen LogP contribution in [0, 0.1) is 0 Å². The Morgan fingerprint density at radius 1 is 0.542 bits per heavy atom. The zero-order valence-corrected chi connectivity index (χ0v) is 46.6. The molecule has 4 N–H and O–H groups in total. The third kappa shape index (κ3) is 42.3. The van der Waals surface area contributed by atoms with Crippen molar-refractivity contribution in [3.63, 3.8) is 0 Å². The number of rotatable bonds is 52. The topological polar surface area (TPSA) is 178 Å². The SMILES string of the molecule is CC/C=C\C/C=C\C/C=C\C/C=C\CCCCCCCCCOCC(COC1OC(CO)C(O)C(OS(=O)(=O)O)C1O)OC(=O)CCCCCCCCCCCCCCCCCCCCCCCCCCC. The molecule has 13 heteroatoms. The predicted molar refractivity (Wildman–Crippen MR) is 294 cm³/mol. The van der Waals surface area contributed by atoms with Crippen LogP contribution >= 0.6 is 0 Å². The number of unbranched alkanes of at least 4 members (excludes halogenated alkanes) is 31. The molecule has 1 rings (SSSR count). The van der Waals surface area contributed by atoms with Gasteiger partial charge in [0.05, 0.1) is 19.8 Å². The molecule has 1 saturated heterocycles. The number of carbonyl (C=O) groups excluding carboxylic acids is 1. The Labute approximate surface area is 440 Å². The lowest BCUT2D eigenvalue weighted by molar-refractivity contribution is -0.301. The molecule has 0 aromatic heterocycles. The zero-order chi connectivity index (χ0) is 52.4. The number of esters is 1. The van der Waals surface area contributed by atoms with Gasteiger partial charge in [0.1, 0.15) is 30.5 Å². The second kappa shape index (κ2) is 49.9. The number of ether oxygens (including phenoxy) is 4. The molecule has 422 valence electrons. The van der Waals surface area contributed by atoms with Crippen LogP contribution in [0.3, 0.4) is 0 Å². The van der Waals surface area contributed by atoms with Crippen LogP contribution in [0.4, 0.5) is 0 Å². The monoisotopic (exact) mass is 1040 g/mol. The van der Waals surface area contributed by atoms with Crippen molar-refractivity contribution in [3.8, 4) is 0 Å². The van der Waals surface area contributed by atoms with Crippen molar-refractivity contribution in [1.82, 2.24) is 0 Å². The Morgan fingerprint density at radius 2 is 0.958 bits per heavy atom. The molecule has 1 aliphatic rings. The molecule has 0 aromatic rings. The van der Waals surface area contributed by atoms with Crippen molar-refractivity contribution in [2.24, 2.45) is 0 Å². The molecule has 0 aliphatic carbocycles. The standard InChI is InChI=1S/C59H108O12S/c1-3-5-7-9-11-13-15-17-19-21-23-25-26-27-28-29-30-32-34-36-38-40-42-44-46-48-55(61)69-53(52-68-59-57(63)58(71-72(64,65)66)56(62)54(50-60)70-59)51-67-49-47-45-43-41-39-37-35-33-31-24-22-20-18-16-14-12-10-8-6-4-2/h6,8,12,14,18,20,24,31,53-54,56-60,62-63H,3-5,7,9-11,13,15-17,19,21-23,25-30,32-52H2,1-2H3,(H,64,65,66)/b8-6-,14-12-,20-18-,31-24-. The molecule has 0 spiro atoms. The zero-order valence-electron chi connectivity index (χ0n) is 45.7. The maximum absolute atomic E-state index is 13.0. The molecular formula is C59H108O12S. The van der Waals surface area contributed by atoms with Gasteiger partial charge in [-0.3, -0.25) is 9.35 Å². The van der Waals surface area contributed by atoms with E-state index in [4.69, 9.17) is 18.9 Å². The van der Waals surface area contributed by atoms with Gasteiger partial charge in [0, 0.05) is 13.0 Å². The molecule has 0 radical (unpaired) electrons. The molecule has 0 bridgehead atoms. The lowest BCUT2D eigenvalue weighted by Crippen LogP contribution is -2.60. The van der Waals surface area contributed by atoms with Crippen molar-refractivity contribution < 1.29 is 56.2 Å². The van der Waals surface area contributed by atoms with Crippen LogP contribution in [0.2, 0.25) is 0 Å². The number of allylic oxidation sites excluding steroid dienone is 8. The Hall–Kier alpha value is -1.94. The van der Waals surface area contributed by atoms with E-state index in [1.807, 2.05) is 0 Å². The van der Waals surface area contributed by atoms with Gasteiger partial charge in [-0.05, 0) is 51.4 Å². The highest BCUT2D eigenvalue weighted by Crippen LogP contribution is 2.26. The second-order valence-electron chi connectivity index (χ2n) is 20.2. The quantitative estimate of drug-likeness (QED) is 0.0196. The summed E-state index contributed by atoms with van der Waals surface area (Å²) in [5, 5.41) is 30.8. The highest BCUT2D eigenvalue weighted by molar-refractivity contribution is 7.80. The van der Waals surface area contributed by atoms with E-state index in [1.54, 1.807) is 0 Å². The van der Waals surface area contributed by atoms with E-state index in [-0.39, 0.29) is 19.6 Å². The Bertz CT molecular complexity index is 1430. The molecule has 0 aromatic carbocycles. The minimum atomic E-state index is -5.07. The normalized spacial score (nSPS) is 19.2. The summed E-state index contributed by atoms with van der Waals surface area (Å²) in [5.74, 6) is -0.398. The highest BCUT2D eigenvalue weighted by atomic mass is 32.3. The third-order valence-electron chi connectivity index (χ3n) is 13.5. The number of carbonyl (C=O) groups is 1. The van der Waals surface area contributed by atoms with Crippen LogP contribution in [-0.2, 0) is 38.3 Å². The first-order valence-electron chi connectivity index (χ1n) is 29.4. The maximum atomic E-state index is 13.0. The van der Waals surface area contributed by atoms with Crippen LogP contribution < -0.4 is 0 Å². The van der Waals surface area contributed by atoms with E-state index in [9.17, 15) is 33.1 Å². The van der Waals surface area contributed by atoms with Gasteiger partial charge in [-0.2, -0.15) is 8.42 Å². The van der Waals surface area contributed by atoms with Crippen molar-refractivity contribution in [1.29, 1.82) is 0 Å². The van der Waals surface area contributed by atoms with Crippen molar-refractivity contribution in [3.05, 3.63) is 48.6 Å². The fourth-order valence-corrected chi connectivity index (χ4v) is 9.59. The summed E-state index contributed by atoms with van der Waals surface area (Å²) in [4.78, 5) is 13.0.